The van der Waals surface area contributed by atoms with Gasteiger partial charge in [-0.15, -0.1) is 23.5 Å². The molecular formula is C14H10ClN3S2. The molecule has 1 saturated heterocycles. The molecule has 100 valence electrons. The van der Waals surface area contributed by atoms with E-state index < -0.39 is 0 Å². The smallest absolute Gasteiger partial charge is 0.255 e. The van der Waals surface area contributed by atoms with E-state index in [9.17, 15) is 0 Å². The summed E-state index contributed by atoms with van der Waals surface area (Å²) in [6.07, 6.45) is 5.14. The molecule has 6 heteroatoms. The standard InChI is InChI=1S/C14H10ClN3S2/c1-16-13(18-7-6-17-9-18)14-19-8-12(20-14)10-4-2-3-5-11(10)15/h2-7,9,12H,8H2. The molecule has 3 rings (SSSR count). The summed E-state index contributed by atoms with van der Waals surface area (Å²) in [5, 5.41) is 1.09. The quantitative estimate of drug-likeness (QED) is 0.745. The van der Waals surface area contributed by atoms with E-state index in [1.54, 1.807) is 46.8 Å². The van der Waals surface area contributed by atoms with Gasteiger partial charge in [0.2, 0.25) is 0 Å². The van der Waals surface area contributed by atoms with Crippen molar-refractivity contribution in [3.8, 4) is 0 Å². The average Bonchev–Trinajstić information content (AvgIpc) is 3.12. The molecule has 1 aliphatic rings. The van der Waals surface area contributed by atoms with Crippen LogP contribution in [0.4, 0.5) is 0 Å². The first-order valence-electron chi connectivity index (χ1n) is 5.93. The summed E-state index contributed by atoms with van der Waals surface area (Å²) in [7, 11) is 0. The van der Waals surface area contributed by atoms with Crippen molar-refractivity contribution < 1.29 is 0 Å². The van der Waals surface area contributed by atoms with Gasteiger partial charge in [-0.25, -0.2) is 4.98 Å². The number of hydrogen-bond donors (Lipinski definition) is 0. The Labute approximate surface area is 130 Å². The molecule has 2 heterocycles. The number of halogens is 1. The van der Waals surface area contributed by atoms with Gasteiger partial charge in [0, 0.05) is 16.0 Å². The van der Waals surface area contributed by atoms with Crippen LogP contribution in [0.5, 0.6) is 0 Å². The fourth-order valence-corrected chi connectivity index (χ4v) is 5.19. The second-order valence-electron chi connectivity index (χ2n) is 4.13. The number of thioether (sulfide) groups is 2. The number of imidazole rings is 1. The summed E-state index contributed by atoms with van der Waals surface area (Å²) < 4.78 is 2.79. The highest BCUT2D eigenvalue weighted by molar-refractivity contribution is 8.25. The number of rotatable bonds is 2. The van der Waals surface area contributed by atoms with Gasteiger partial charge < -0.3 is 4.85 Å². The Hall–Kier alpha value is -1.35. The molecule has 1 aromatic heterocycles. The Kier molecular flexibility index (Phi) is 4.06. The zero-order valence-corrected chi connectivity index (χ0v) is 12.8. The summed E-state index contributed by atoms with van der Waals surface area (Å²) >= 11 is 9.66. The molecule has 0 radical (unpaired) electrons. The third-order valence-electron chi connectivity index (χ3n) is 2.90. The molecule has 1 fully saturated rings. The third-order valence-corrected chi connectivity index (χ3v) is 6.15. The number of benzene rings is 1. The van der Waals surface area contributed by atoms with Crippen LogP contribution in [-0.4, -0.2) is 15.3 Å². The van der Waals surface area contributed by atoms with Crippen LogP contribution in [0.1, 0.15) is 10.8 Å². The first kappa shape index (κ1) is 13.6. The minimum Gasteiger partial charge on any atom is -0.362 e. The van der Waals surface area contributed by atoms with Crippen LogP contribution >= 0.6 is 35.1 Å². The Bertz CT molecular complexity index is 689. The lowest BCUT2D eigenvalue weighted by molar-refractivity contribution is 1.10. The lowest BCUT2D eigenvalue weighted by Gasteiger charge is -2.10. The van der Waals surface area contributed by atoms with Crippen LogP contribution in [0.2, 0.25) is 5.02 Å². The van der Waals surface area contributed by atoms with Gasteiger partial charge in [0.25, 0.3) is 5.82 Å². The minimum atomic E-state index is 0.295. The van der Waals surface area contributed by atoms with Crippen molar-refractivity contribution in [2.24, 2.45) is 0 Å². The fourth-order valence-electron chi connectivity index (χ4n) is 1.95. The van der Waals surface area contributed by atoms with Gasteiger partial charge in [0.15, 0.2) is 6.33 Å². The molecule has 1 atom stereocenters. The maximum atomic E-state index is 7.38. The summed E-state index contributed by atoms with van der Waals surface area (Å²) in [5.41, 5.74) is 1.14. The predicted octanol–water partition coefficient (Wildman–Crippen LogP) is 4.76. The lowest BCUT2D eigenvalue weighted by Crippen LogP contribution is -1.92. The highest BCUT2D eigenvalue weighted by atomic mass is 35.5. The zero-order chi connectivity index (χ0) is 13.9. The zero-order valence-electron chi connectivity index (χ0n) is 10.4. The van der Waals surface area contributed by atoms with Crippen molar-refractivity contribution in [1.82, 2.24) is 9.55 Å². The molecule has 20 heavy (non-hydrogen) atoms. The molecule has 0 bridgehead atoms. The maximum Gasteiger partial charge on any atom is 0.255 e. The molecule has 1 aromatic carbocycles. The first-order valence-corrected chi connectivity index (χ1v) is 8.18. The number of nitrogens with zero attached hydrogens (tertiary/aromatic N) is 3. The lowest BCUT2D eigenvalue weighted by atomic mass is 10.2. The highest BCUT2D eigenvalue weighted by Crippen LogP contribution is 2.53. The highest BCUT2D eigenvalue weighted by Gasteiger charge is 2.27. The van der Waals surface area contributed by atoms with Crippen LogP contribution in [0.15, 0.2) is 47.2 Å². The van der Waals surface area contributed by atoms with Gasteiger partial charge in [0.1, 0.15) is 0 Å². The van der Waals surface area contributed by atoms with Crippen LogP contribution in [0.25, 0.3) is 10.7 Å². The molecule has 0 saturated carbocycles. The Morgan fingerprint density at radius 2 is 2.30 bits per heavy atom. The van der Waals surface area contributed by atoms with E-state index in [2.05, 4.69) is 15.9 Å². The fraction of sp³-hybridized carbons (Fsp3) is 0.143. The molecule has 2 aromatic rings. The Morgan fingerprint density at radius 3 is 3.00 bits per heavy atom. The van der Waals surface area contributed by atoms with E-state index >= 15 is 0 Å². The van der Waals surface area contributed by atoms with Crippen molar-refractivity contribution in [2.45, 2.75) is 5.25 Å². The van der Waals surface area contributed by atoms with Crippen molar-refractivity contribution >= 4 is 40.9 Å². The summed E-state index contributed by atoms with van der Waals surface area (Å²) in [5.74, 6) is 1.55. The second-order valence-corrected chi connectivity index (χ2v) is 7.04. The topological polar surface area (TPSA) is 22.2 Å². The van der Waals surface area contributed by atoms with Gasteiger partial charge >= 0.3 is 0 Å². The van der Waals surface area contributed by atoms with E-state index in [0.29, 0.717) is 11.1 Å². The maximum absolute atomic E-state index is 7.38. The molecule has 1 aliphatic heterocycles. The van der Waals surface area contributed by atoms with E-state index in [-0.39, 0.29) is 0 Å². The number of aromatic nitrogens is 2. The Morgan fingerprint density at radius 1 is 1.45 bits per heavy atom. The largest absolute Gasteiger partial charge is 0.362 e. The monoisotopic (exact) mass is 319 g/mol. The minimum absolute atomic E-state index is 0.295. The van der Waals surface area contributed by atoms with Gasteiger partial charge in [0.05, 0.1) is 16.6 Å². The van der Waals surface area contributed by atoms with Crippen LogP contribution in [0.3, 0.4) is 0 Å². The van der Waals surface area contributed by atoms with Gasteiger partial charge in [-0.05, 0) is 11.6 Å². The van der Waals surface area contributed by atoms with Crippen molar-refractivity contribution in [3.05, 3.63) is 69.2 Å². The second kappa shape index (κ2) is 5.96. The first-order chi connectivity index (χ1) is 9.79. The molecule has 3 nitrogen and oxygen atoms in total. The molecule has 0 spiro atoms. The molecule has 0 aliphatic carbocycles. The molecule has 1 unspecified atom stereocenters. The predicted molar refractivity (Wildman–Crippen MR) is 86.3 cm³/mol. The van der Waals surface area contributed by atoms with Gasteiger partial charge in [-0.1, -0.05) is 36.4 Å². The summed E-state index contributed by atoms with van der Waals surface area (Å²) in [6, 6.07) is 7.90. The number of hydrogen-bond acceptors (Lipinski definition) is 3. The summed E-state index contributed by atoms with van der Waals surface area (Å²) in [6.45, 7) is 7.38. The third kappa shape index (κ3) is 2.59. The van der Waals surface area contributed by atoms with E-state index in [4.69, 9.17) is 18.2 Å². The van der Waals surface area contributed by atoms with E-state index in [0.717, 1.165) is 20.6 Å². The SMILES string of the molecule is [C-]#[N+]C(=C1SCC(c2ccccc2Cl)S1)n1ccnc1. The average molecular weight is 320 g/mol. The van der Waals surface area contributed by atoms with Gasteiger partial charge in [-0.3, -0.25) is 4.57 Å². The molecule has 0 N–H and O–H groups in total. The van der Waals surface area contributed by atoms with Crippen LogP contribution in [-0.2, 0) is 0 Å². The Balaban J connectivity index is 1.90. The molecule has 0 amide bonds. The summed E-state index contributed by atoms with van der Waals surface area (Å²) in [4.78, 5) is 7.64. The van der Waals surface area contributed by atoms with E-state index in [1.165, 1.54) is 0 Å². The van der Waals surface area contributed by atoms with Crippen molar-refractivity contribution in [2.75, 3.05) is 5.75 Å². The van der Waals surface area contributed by atoms with Crippen molar-refractivity contribution in [3.63, 3.8) is 0 Å². The van der Waals surface area contributed by atoms with Crippen LogP contribution < -0.4 is 0 Å². The molecular weight excluding hydrogens is 310 g/mol. The van der Waals surface area contributed by atoms with Gasteiger partial charge in [-0.2, -0.15) is 0 Å². The van der Waals surface area contributed by atoms with Crippen molar-refractivity contribution in [1.29, 1.82) is 0 Å². The van der Waals surface area contributed by atoms with Crippen LogP contribution in [0, 0.1) is 6.57 Å². The normalized spacial score (nSPS) is 20.7. The van der Waals surface area contributed by atoms with E-state index in [1.807, 2.05) is 18.2 Å².